The van der Waals surface area contributed by atoms with Crippen LogP contribution in [0, 0.1) is 6.92 Å². The van der Waals surface area contributed by atoms with Gasteiger partial charge in [0.15, 0.2) is 0 Å². The van der Waals surface area contributed by atoms with E-state index in [1.807, 2.05) is 48.2 Å². The Balaban J connectivity index is 1.58. The second kappa shape index (κ2) is 7.54. The van der Waals surface area contributed by atoms with Gasteiger partial charge in [-0.3, -0.25) is 9.69 Å². The van der Waals surface area contributed by atoms with Crippen molar-refractivity contribution in [2.75, 3.05) is 31.6 Å². The van der Waals surface area contributed by atoms with Crippen LogP contribution in [0.5, 0.6) is 5.75 Å². The zero-order valence-corrected chi connectivity index (χ0v) is 16.3. The number of methoxy groups -OCH3 is 1. The molecule has 3 amide bonds. The highest BCUT2D eigenvalue weighted by Gasteiger charge is 2.31. The molecule has 2 saturated heterocycles. The predicted molar refractivity (Wildman–Crippen MR) is 108 cm³/mol. The van der Waals surface area contributed by atoms with Gasteiger partial charge in [0.05, 0.1) is 13.2 Å². The molecule has 146 valence electrons. The molecular formula is C22H25N3O3. The SMILES string of the molecule is COc1cccc(C2CCCN2C(=O)c2ccc(N3CCNC3=O)c(C)c2)c1. The van der Waals surface area contributed by atoms with E-state index in [2.05, 4.69) is 11.4 Å². The molecule has 4 rings (SSSR count). The van der Waals surface area contributed by atoms with Crippen LogP contribution >= 0.6 is 0 Å². The Kier molecular flexibility index (Phi) is 4.94. The Morgan fingerprint density at radius 2 is 2.04 bits per heavy atom. The number of hydrogen-bond acceptors (Lipinski definition) is 3. The van der Waals surface area contributed by atoms with Gasteiger partial charge in [0.1, 0.15) is 5.75 Å². The highest BCUT2D eigenvalue weighted by Crippen LogP contribution is 2.35. The summed E-state index contributed by atoms with van der Waals surface area (Å²) in [5, 5.41) is 2.81. The highest BCUT2D eigenvalue weighted by atomic mass is 16.5. The number of nitrogens with one attached hydrogen (secondary N) is 1. The average molecular weight is 379 g/mol. The zero-order chi connectivity index (χ0) is 19.7. The number of benzene rings is 2. The molecule has 0 bridgehead atoms. The molecule has 0 radical (unpaired) electrons. The van der Waals surface area contributed by atoms with Crippen LogP contribution in [0.3, 0.4) is 0 Å². The number of anilines is 1. The summed E-state index contributed by atoms with van der Waals surface area (Å²) >= 11 is 0. The van der Waals surface area contributed by atoms with Crippen LogP contribution in [-0.2, 0) is 0 Å². The highest BCUT2D eigenvalue weighted by molar-refractivity contribution is 5.98. The number of hydrogen-bond donors (Lipinski definition) is 1. The van der Waals surface area contributed by atoms with Crippen LogP contribution in [0.4, 0.5) is 10.5 Å². The molecule has 2 aromatic rings. The number of carbonyl (C=O) groups is 2. The Labute approximate surface area is 165 Å². The van der Waals surface area contributed by atoms with Crippen molar-refractivity contribution in [2.24, 2.45) is 0 Å². The van der Waals surface area contributed by atoms with Gasteiger partial charge in [-0.1, -0.05) is 12.1 Å². The third-order valence-electron chi connectivity index (χ3n) is 5.58. The standard InChI is InChI=1S/C22H25N3O3/c1-15-13-17(8-9-19(15)25-12-10-23-22(25)27)21(26)24-11-4-7-20(24)16-5-3-6-18(14-16)28-2/h3,5-6,8-9,13-14,20H,4,7,10-12H2,1-2H3,(H,23,27). The minimum Gasteiger partial charge on any atom is -0.497 e. The van der Waals surface area contributed by atoms with Gasteiger partial charge in [-0.2, -0.15) is 0 Å². The molecule has 0 aliphatic carbocycles. The van der Waals surface area contributed by atoms with Crippen molar-refractivity contribution in [1.29, 1.82) is 0 Å². The first kappa shape index (κ1) is 18.3. The second-order valence-electron chi connectivity index (χ2n) is 7.32. The molecular weight excluding hydrogens is 354 g/mol. The van der Waals surface area contributed by atoms with Gasteiger partial charge >= 0.3 is 6.03 Å². The molecule has 1 atom stereocenters. The molecule has 2 heterocycles. The summed E-state index contributed by atoms with van der Waals surface area (Å²) in [5.74, 6) is 0.840. The molecule has 2 aliphatic heterocycles. The summed E-state index contributed by atoms with van der Waals surface area (Å²) in [6.45, 7) is 3.99. The normalized spacial score (nSPS) is 19.1. The van der Waals surface area contributed by atoms with Crippen LogP contribution in [0.15, 0.2) is 42.5 Å². The number of nitrogens with zero attached hydrogens (tertiary/aromatic N) is 2. The van der Waals surface area contributed by atoms with Gasteiger partial charge in [0.2, 0.25) is 0 Å². The number of likely N-dealkylation sites (tertiary alicyclic amines) is 1. The Bertz CT molecular complexity index is 912. The first-order chi connectivity index (χ1) is 13.6. The molecule has 2 fully saturated rings. The first-order valence-corrected chi connectivity index (χ1v) is 9.69. The predicted octanol–water partition coefficient (Wildman–Crippen LogP) is 3.51. The molecule has 1 N–H and O–H groups in total. The van der Waals surface area contributed by atoms with E-state index >= 15 is 0 Å². The molecule has 0 aromatic heterocycles. The second-order valence-corrected chi connectivity index (χ2v) is 7.32. The lowest BCUT2D eigenvalue weighted by Gasteiger charge is -2.26. The largest absolute Gasteiger partial charge is 0.497 e. The first-order valence-electron chi connectivity index (χ1n) is 9.69. The average Bonchev–Trinajstić information content (AvgIpc) is 3.36. The number of rotatable bonds is 4. The zero-order valence-electron chi connectivity index (χ0n) is 16.3. The summed E-state index contributed by atoms with van der Waals surface area (Å²) < 4.78 is 5.34. The van der Waals surface area contributed by atoms with Crippen LogP contribution in [-0.4, -0.2) is 43.6 Å². The summed E-state index contributed by atoms with van der Waals surface area (Å²) in [4.78, 5) is 28.8. The third-order valence-corrected chi connectivity index (χ3v) is 5.58. The minimum absolute atomic E-state index is 0.0332. The van der Waals surface area contributed by atoms with Crippen LogP contribution in [0.2, 0.25) is 0 Å². The van der Waals surface area contributed by atoms with Gasteiger partial charge in [0, 0.05) is 30.9 Å². The molecule has 0 saturated carbocycles. The van der Waals surface area contributed by atoms with Gasteiger partial charge in [0.25, 0.3) is 5.91 Å². The smallest absolute Gasteiger partial charge is 0.322 e. The summed E-state index contributed by atoms with van der Waals surface area (Å²) in [6, 6.07) is 13.5. The van der Waals surface area contributed by atoms with Crippen LogP contribution in [0.1, 0.15) is 40.4 Å². The van der Waals surface area contributed by atoms with E-state index in [0.29, 0.717) is 18.7 Å². The topological polar surface area (TPSA) is 61.9 Å². The quantitative estimate of drug-likeness (QED) is 0.884. The lowest BCUT2D eigenvalue weighted by atomic mass is 10.0. The maximum absolute atomic E-state index is 13.2. The summed E-state index contributed by atoms with van der Waals surface area (Å²) in [5.41, 5.74) is 3.56. The number of amides is 3. The van der Waals surface area contributed by atoms with Crippen molar-refractivity contribution in [1.82, 2.24) is 10.2 Å². The molecule has 2 aromatic carbocycles. The van der Waals surface area contributed by atoms with E-state index in [-0.39, 0.29) is 18.0 Å². The maximum Gasteiger partial charge on any atom is 0.322 e. The number of urea groups is 1. The Hall–Kier alpha value is -3.02. The minimum atomic E-state index is -0.0835. The van der Waals surface area contributed by atoms with Gasteiger partial charge in [-0.05, 0) is 61.2 Å². The lowest BCUT2D eigenvalue weighted by molar-refractivity contribution is 0.0735. The summed E-state index contributed by atoms with van der Waals surface area (Å²) in [6.07, 6.45) is 1.93. The third kappa shape index (κ3) is 3.30. The summed E-state index contributed by atoms with van der Waals surface area (Å²) in [7, 11) is 1.65. The van der Waals surface area contributed by atoms with Crippen molar-refractivity contribution in [3.63, 3.8) is 0 Å². The van der Waals surface area contributed by atoms with Crippen molar-refractivity contribution in [3.8, 4) is 5.75 Å². The van der Waals surface area contributed by atoms with E-state index in [1.165, 1.54) is 0 Å². The molecule has 6 heteroatoms. The lowest BCUT2D eigenvalue weighted by Crippen LogP contribution is -2.31. The number of aryl methyl sites for hydroxylation is 1. The number of ether oxygens (including phenoxy) is 1. The number of carbonyl (C=O) groups excluding carboxylic acids is 2. The molecule has 1 unspecified atom stereocenters. The molecule has 6 nitrogen and oxygen atoms in total. The van der Waals surface area contributed by atoms with Gasteiger partial charge < -0.3 is 15.0 Å². The van der Waals surface area contributed by atoms with E-state index in [9.17, 15) is 9.59 Å². The van der Waals surface area contributed by atoms with E-state index in [4.69, 9.17) is 4.74 Å². The fourth-order valence-electron chi connectivity index (χ4n) is 4.16. The van der Waals surface area contributed by atoms with E-state index < -0.39 is 0 Å². The van der Waals surface area contributed by atoms with Crippen molar-refractivity contribution < 1.29 is 14.3 Å². The fraction of sp³-hybridized carbons (Fsp3) is 0.364. The van der Waals surface area contributed by atoms with Gasteiger partial charge in [-0.15, -0.1) is 0 Å². The van der Waals surface area contributed by atoms with Crippen LogP contribution < -0.4 is 15.0 Å². The van der Waals surface area contributed by atoms with Crippen molar-refractivity contribution in [2.45, 2.75) is 25.8 Å². The monoisotopic (exact) mass is 379 g/mol. The van der Waals surface area contributed by atoms with Crippen LogP contribution in [0.25, 0.3) is 0 Å². The molecule has 2 aliphatic rings. The maximum atomic E-state index is 13.2. The van der Waals surface area contributed by atoms with Crippen molar-refractivity contribution in [3.05, 3.63) is 59.2 Å². The fourth-order valence-corrected chi connectivity index (χ4v) is 4.16. The Morgan fingerprint density at radius 3 is 2.75 bits per heavy atom. The van der Waals surface area contributed by atoms with Gasteiger partial charge in [-0.25, -0.2) is 4.79 Å². The molecule has 28 heavy (non-hydrogen) atoms. The van der Waals surface area contributed by atoms with E-state index in [1.54, 1.807) is 12.0 Å². The Morgan fingerprint density at radius 1 is 1.18 bits per heavy atom. The van der Waals surface area contributed by atoms with Crippen molar-refractivity contribution >= 4 is 17.6 Å². The van der Waals surface area contributed by atoms with E-state index in [0.717, 1.165) is 42.0 Å². The molecule has 0 spiro atoms.